The van der Waals surface area contributed by atoms with E-state index in [1.165, 1.54) is 0 Å². The van der Waals surface area contributed by atoms with Gasteiger partial charge in [-0.15, -0.1) is 0 Å². The summed E-state index contributed by atoms with van der Waals surface area (Å²) in [6.45, 7) is 3.80. The number of carbonyl (C=O) groups excluding carboxylic acids is 2. The van der Waals surface area contributed by atoms with E-state index in [1.54, 1.807) is 13.8 Å². The molecular weight excluding hydrogens is 310 g/mol. The molecule has 7 nitrogen and oxygen atoms in total. The first-order chi connectivity index (χ1) is 11.6. The number of aromatic nitrogens is 2. The number of carbonyl (C=O) groups is 2. The van der Waals surface area contributed by atoms with Crippen LogP contribution in [-0.2, 0) is 20.7 Å². The molecule has 1 aromatic heterocycles. The van der Waals surface area contributed by atoms with Gasteiger partial charge >= 0.3 is 11.9 Å². The van der Waals surface area contributed by atoms with Gasteiger partial charge in [0.15, 0.2) is 5.82 Å². The maximum atomic E-state index is 12.1. The van der Waals surface area contributed by atoms with E-state index >= 15 is 0 Å². The summed E-state index contributed by atoms with van der Waals surface area (Å²) in [4.78, 5) is 32.5. The summed E-state index contributed by atoms with van der Waals surface area (Å²) in [5, 5.41) is 0. The summed E-state index contributed by atoms with van der Waals surface area (Å²) < 4.78 is 9.92. The van der Waals surface area contributed by atoms with Crippen molar-refractivity contribution in [1.82, 2.24) is 9.97 Å². The lowest BCUT2D eigenvalue weighted by Crippen LogP contribution is -2.18. The molecule has 7 heteroatoms. The number of hydrogen-bond donors (Lipinski definition) is 1. The highest BCUT2D eigenvalue weighted by atomic mass is 16.5. The predicted octanol–water partition coefficient (Wildman–Crippen LogP) is 2.01. The van der Waals surface area contributed by atoms with E-state index in [9.17, 15) is 9.59 Å². The van der Waals surface area contributed by atoms with Crippen molar-refractivity contribution in [1.29, 1.82) is 0 Å². The Kier molecular flexibility index (Phi) is 5.83. The van der Waals surface area contributed by atoms with Crippen LogP contribution in [0.25, 0.3) is 11.4 Å². The van der Waals surface area contributed by atoms with Crippen LogP contribution in [0.2, 0.25) is 0 Å². The van der Waals surface area contributed by atoms with E-state index in [1.807, 2.05) is 30.3 Å². The summed E-state index contributed by atoms with van der Waals surface area (Å²) in [6, 6.07) is 9.15. The second-order valence-corrected chi connectivity index (χ2v) is 4.82. The summed E-state index contributed by atoms with van der Waals surface area (Å²) in [6.07, 6.45) is -0.186. The Hall–Kier alpha value is -2.96. The number of rotatable bonds is 6. The van der Waals surface area contributed by atoms with E-state index < -0.39 is 11.9 Å². The number of ether oxygens (including phenoxy) is 2. The molecule has 0 aliphatic carbocycles. The van der Waals surface area contributed by atoms with Crippen LogP contribution in [0, 0.1) is 0 Å². The third kappa shape index (κ3) is 4.07. The Morgan fingerprint density at radius 1 is 1.04 bits per heavy atom. The van der Waals surface area contributed by atoms with Gasteiger partial charge < -0.3 is 15.2 Å². The lowest BCUT2D eigenvalue weighted by molar-refractivity contribution is -0.142. The molecule has 0 aliphatic rings. The third-order valence-corrected chi connectivity index (χ3v) is 3.14. The van der Waals surface area contributed by atoms with Crippen molar-refractivity contribution in [2.24, 2.45) is 0 Å². The maximum Gasteiger partial charge on any atom is 0.343 e. The molecule has 0 radical (unpaired) electrons. The molecule has 24 heavy (non-hydrogen) atoms. The number of esters is 2. The summed E-state index contributed by atoms with van der Waals surface area (Å²) in [7, 11) is 0. The highest BCUT2D eigenvalue weighted by molar-refractivity contribution is 5.96. The fourth-order valence-corrected chi connectivity index (χ4v) is 2.15. The van der Waals surface area contributed by atoms with Crippen LogP contribution in [0.5, 0.6) is 0 Å². The van der Waals surface area contributed by atoms with Crippen molar-refractivity contribution in [2.75, 3.05) is 18.9 Å². The maximum absolute atomic E-state index is 12.1. The Bertz CT molecular complexity index is 732. The standard InChI is InChI=1S/C17H19N3O4/c1-3-23-13(21)10-12-14(17(22)24-4-2)15(18)20-16(19-12)11-8-6-5-7-9-11/h5-9H,3-4,10H2,1-2H3,(H2,18,19,20). The molecule has 2 N–H and O–H groups in total. The van der Waals surface area contributed by atoms with E-state index in [4.69, 9.17) is 15.2 Å². The quantitative estimate of drug-likeness (QED) is 0.808. The second-order valence-electron chi connectivity index (χ2n) is 4.82. The minimum Gasteiger partial charge on any atom is -0.466 e. The van der Waals surface area contributed by atoms with Crippen LogP contribution < -0.4 is 5.73 Å². The molecule has 126 valence electrons. The molecule has 0 atom stereocenters. The van der Waals surface area contributed by atoms with Gasteiger partial charge in [0.05, 0.1) is 25.3 Å². The number of anilines is 1. The SMILES string of the molecule is CCOC(=O)Cc1nc(-c2ccccc2)nc(N)c1C(=O)OCC. The predicted molar refractivity (Wildman–Crippen MR) is 88.2 cm³/mol. The topological polar surface area (TPSA) is 104 Å². The van der Waals surface area contributed by atoms with Crippen LogP contribution in [0.4, 0.5) is 5.82 Å². The summed E-state index contributed by atoms with van der Waals surface area (Å²) in [5.41, 5.74) is 6.86. The van der Waals surface area contributed by atoms with Crippen molar-refractivity contribution in [2.45, 2.75) is 20.3 Å². The van der Waals surface area contributed by atoms with E-state index in [0.29, 0.717) is 5.82 Å². The molecule has 0 spiro atoms. The molecular formula is C17H19N3O4. The van der Waals surface area contributed by atoms with Gasteiger partial charge in [-0.25, -0.2) is 14.8 Å². The van der Waals surface area contributed by atoms with Gasteiger partial charge in [-0.05, 0) is 13.8 Å². The summed E-state index contributed by atoms with van der Waals surface area (Å²) >= 11 is 0. The van der Waals surface area contributed by atoms with Gasteiger partial charge in [0.1, 0.15) is 11.4 Å². The zero-order valence-electron chi connectivity index (χ0n) is 13.6. The van der Waals surface area contributed by atoms with Crippen LogP contribution in [0.15, 0.2) is 30.3 Å². The molecule has 0 amide bonds. The van der Waals surface area contributed by atoms with Crippen LogP contribution in [0.3, 0.4) is 0 Å². The first-order valence-electron chi connectivity index (χ1n) is 7.61. The smallest absolute Gasteiger partial charge is 0.343 e. The first-order valence-corrected chi connectivity index (χ1v) is 7.61. The zero-order valence-corrected chi connectivity index (χ0v) is 13.6. The van der Waals surface area contributed by atoms with Crippen molar-refractivity contribution in [3.05, 3.63) is 41.6 Å². The monoisotopic (exact) mass is 329 g/mol. The lowest BCUT2D eigenvalue weighted by Gasteiger charge is -2.12. The fourth-order valence-electron chi connectivity index (χ4n) is 2.15. The van der Waals surface area contributed by atoms with Gasteiger partial charge in [0, 0.05) is 5.56 Å². The van der Waals surface area contributed by atoms with Crippen LogP contribution in [-0.4, -0.2) is 35.1 Å². The molecule has 2 rings (SSSR count). The molecule has 0 saturated carbocycles. The van der Waals surface area contributed by atoms with Gasteiger partial charge in [-0.2, -0.15) is 0 Å². The van der Waals surface area contributed by atoms with Crippen molar-refractivity contribution < 1.29 is 19.1 Å². The van der Waals surface area contributed by atoms with Gasteiger partial charge in [-0.1, -0.05) is 30.3 Å². The molecule has 1 aromatic carbocycles. The molecule has 0 fully saturated rings. The molecule has 2 aromatic rings. The average molecular weight is 329 g/mol. The Labute approximate surface area is 139 Å². The number of benzene rings is 1. The Morgan fingerprint density at radius 2 is 1.71 bits per heavy atom. The highest BCUT2D eigenvalue weighted by Gasteiger charge is 2.23. The van der Waals surface area contributed by atoms with Gasteiger partial charge in [0.2, 0.25) is 0 Å². The molecule has 0 aliphatic heterocycles. The largest absolute Gasteiger partial charge is 0.466 e. The van der Waals surface area contributed by atoms with E-state index in [-0.39, 0.29) is 36.7 Å². The zero-order chi connectivity index (χ0) is 17.5. The van der Waals surface area contributed by atoms with Crippen molar-refractivity contribution in [3.63, 3.8) is 0 Å². The van der Waals surface area contributed by atoms with Gasteiger partial charge in [-0.3, -0.25) is 4.79 Å². The number of hydrogen-bond acceptors (Lipinski definition) is 7. The molecule has 0 saturated heterocycles. The van der Waals surface area contributed by atoms with Crippen molar-refractivity contribution >= 4 is 17.8 Å². The molecule has 0 unspecified atom stereocenters. The van der Waals surface area contributed by atoms with Crippen LogP contribution >= 0.6 is 0 Å². The van der Waals surface area contributed by atoms with Gasteiger partial charge in [0.25, 0.3) is 0 Å². The Balaban J connectivity index is 2.50. The average Bonchev–Trinajstić information content (AvgIpc) is 2.55. The molecule has 0 bridgehead atoms. The third-order valence-electron chi connectivity index (χ3n) is 3.14. The highest BCUT2D eigenvalue weighted by Crippen LogP contribution is 2.22. The molecule has 1 heterocycles. The van der Waals surface area contributed by atoms with Crippen molar-refractivity contribution in [3.8, 4) is 11.4 Å². The minimum atomic E-state index is -0.658. The first kappa shape index (κ1) is 17.4. The normalized spacial score (nSPS) is 10.2. The van der Waals surface area contributed by atoms with E-state index in [0.717, 1.165) is 5.56 Å². The minimum absolute atomic E-state index is 0.00424. The number of nitrogens with zero attached hydrogens (tertiary/aromatic N) is 2. The van der Waals surface area contributed by atoms with E-state index in [2.05, 4.69) is 9.97 Å². The lowest BCUT2D eigenvalue weighted by atomic mass is 10.1. The second kappa shape index (κ2) is 8.05. The van der Waals surface area contributed by atoms with Crippen LogP contribution in [0.1, 0.15) is 29.9 Å². The number of nitrogen functional groups attached to an aromatic ring is 1. The Morgan fingerprint density at radius 3 is 2.33 bits per heavy atom. The summed E-state index contributed by atoms with van der Waals surface area (Å²) in [5.74, 6) is -0.851. The number of nitrogens with two attached hydrogens (primary N) is 1. The fraction of sp³-hybridized carbons (Fsp3) is 0.294.